The summed E-state index contributed by atoms with van der Waals surface area (Å²) in [6, 6.07) is 11.9. The van der Waals surface area contributed by atoms with Crippen LogP contribution in [0.15, 0.2) is 46.1 Å². The standard InChI is InChI=1S/C22H24N2O4S2/c1-29-17-4-2-15(3-5-17)18-6-7-19(25)24-10-14-8-16(22(18)24)11-23(9-14)20(26)12-30-13-21(27)28/h2-7,14,16H,8-13H2,1H3,(H,27,28)/t14-,16+/m0/s1. The lowest BCUT2D eigenvalue weighted by Gasteiger charge is -2.43. The van der Waals surface area contributed by atoms with E-state index in [0.717, 1.165) is 35.0 Å². The minimum absolute atomic E-state index is 0.0148. The number of fused-ring (bicyclic) bond motifs is 4. The molecule has 2 aromatic rings. The molecule has 1 N–H and O–H groups in total. The molecule has 3 heterocycles. The predicted molar refractivity (Wildman–Crippen MR) is 120 cm³/mol. The number of carbonyl (C=O) groups is 2. The highest BCUT2D eigenvalue weighted by Gasteiger charge is 2.37. The Labute approximate surface area is 183 Å². The molecule has 4 rings (SSSR count). The van der Waals surface area contributed by atoms with Crippen molar-refractivity contribution in [1.29, 1.82) is 0 Å². The number of aliphatic carboxylic acids is 1. The molecule has 158 valence electrons. The van der Waals surface area contributed by atoms with Crippen molar-refractivity contribution < 1.29 is 14.7 Å². The second kappa shape index (κ2) is 8.89. The SMILES string of the molecule is CSc1ccc(-c2ccc(=O)n3c2[C@@H]2C[C@@H](CN(C(=O)CSCC(=O)O)C2)C3)cc1. The van der Waals surface area contributed by atoms with Gasteiger partial charge in [0.25, 0.3) is 5.56 Å². The molecule has 2 aliphatic rings. The third-order valence-corrected chi connectivity index (χ3v) is 7.44. The van der Waals surface area contributed by atoms with E-state index in [-0.39, 0.29) is 34.8 Å². The Balaban J connectivity index is 1.62. The van der Waals surface area contributed by atoms with E-state index in [9.17, 15) is 14.4 Å². The van der Waals surface area contributed by atoms with Crippen LogP contribution in [-0.4, -0.2) is 57.3 Å². The molecular formula is C22H24N2O4S2. The number of nitrogens with zero attached hydrogens (tertiary/aromatic N) is 2. The first-order valence-corrected chi connectivity index (χ1v) is 12.3. The number of amides is 1. The Hall–Kier alpha value is -2.19. The minimum Gasteiger partial charge on any atom is -0.481 e. The summed E-state index contributed by atoms with van der Waals surface area (Å²) in [5.41, 5.74) is 3.17. The number of carboxylic acid groups (broad SMARTS) is 1. The Morgan fingerprint density at radius 1 is 1.07 bits per heavy atom. The van der Waals surface area contributed by atoms with Gasteiger partial charge >= 0.3 is 5.97 Å². The maximum absolute atomic E-state index is 12.7. The van der Waals surface area contributed by atoms with Gasteiger partial charge in [0.2, 0.25) is 5.91 Å². The molecule has 30 heavy (non-hydrogen) atoms. The maximum Gasteiger partial charge on any atom is 0.313 e. The van der Waals surface area contributed by atoms with E-state index in [1.54, 1.807) is 17.8 Å². The average Bonchev–Trinajstić information content (AvgIpc) is 2.74. The molecule has 2 atom stereocenters. The Bertz CT molecular complexity index is 1020. The van der Waals surface area contributed by atoms with Crippen molar-refractivity contribution in [2.24, 2.45) is 5.92 Å². The van der Waals surface area contributed by atoms with Crippen molar-refractivity contribution in [2.45, 2.75) is 23.8 Å². The lowest BCUT2D eigenvalue weighted by Crippen LogP contribution is -2.49. The van der Waals surface area contributed by atoms with Crippen molar-refractivity contribution in [1.82, 2.24) is 9.47 Å². The molecule has 8 heteroatoms. The van der Waals surface area contributed by atoms with Gasteiger partial charge in [-0.3, -0.25) is 14.4 Å². The van der Waals surface area contributed by atoms with Gasteiger partial charge in [0.15, 0.2) is 0 Å². The van der Waals surface area contributed by atoms with Crippen molar-refractivity contribution in [3.05, 3.63) is 52.4 Å². The van der Waals surface area contributed by atoms with Crippen LogP contribution in [0.2, 0.25) is 0 Å². The number of pyridine rings is 1. The van der Waals surface area contributed by atoms with E-state index in [1.807, 2.05) is 21.8 Å². The van der Waals surface area contributed by atoms with Crippen LogP contribution in [0, 0.1) is 5.92 Å². The Morgan fingerprint density at radius 2 is 1.83 bits per heavy atom. The number of benzene rings is 1. The first-order chi connectivity index (χ1) is 14.5. The smallest absolute Gasteiger partial charge is 0.313 e. The number of thioether (sulfide) groups is 2. The molecule has 6 nitrogen and oxygen atoms in total. The highest BCUT2D eigenvalue weighted by Crippen LogP contribution is 2.40. The predicted octanol–water partition coefficient (Wildman–Crippen LogP) is 3.00. The fourth-order valence-corrected chi connectivity index (χ4v) is 5.59. The van der Waals surface area contributed by atoms with E-state index >= 15 is 0 Å². The van der Waals surface area contributed by atoms with E-state index in [1.165, 1.54) is 4.90 Å². The van der Waals surface area contributed by atoms with Gasteiger partial charge in [0.05, 0.1) is 11.5 Å². The van der Waals surface area contributed by atoms with Gasteiger partial charge in [-0.05, 0) is 42.4 Å². The van der Waals surface area contributed by atoms with Gasteiger partial charge < -0.3 is 14.6 Å². The lowest BCUT2D eigenvalue weighted by molar-refractivity contribution is -0.133. The lowest BCUT2D eigenvalue weighted by atomic mass is 9.80. The number of aromatic nitrogens is 1. The number of hydrogen-bond donors (Lipinski definition) is 1. The molecule has 2 aliphatic heterocycles. The van der Waals surface area contributed by atoms with Crippen LogP contribution in [0.25, 0.3) is 11.1 Å². The zero-order valence-electron chi connectivity index (χ0n) is 16.7. The quantitative estimate of drug-likeness (QED) is 0.690. The first-order valence-electron chi connectivity index (χ1n) is 9.91. The average molecular weight is 445 g/mol. The highest BCUT2D eigenvalue weighted by molar-refractivity contribution is 8.00. The molecular weight excluding hydrogens is 420 g/mol. The van der Waals surface area contributed by atoms with Crippen LogP contribution in [0.5, 0.6) is 0 Å². The molecule has 0 unspecified atom stereocenters. The normalized spacial score (nSPS) is 20.0. The zero-order valence-corrected chi connectivity index (χ0v) is 18.4. The van der Waals surface area contributed by atoms with E-state index < -0.39 is 5.97 Å². The topological polar surface area (TPSA) is 79.6 Å². The minimum atomic E-state index is -0.909. The number of piperidine rings is 1. The molecule has 1 saturated heterocycles. The van der Waals surface area contributed by atoms with Crippen LogP contribution in [0.1, 0.15) is 18.0 Å². The Morgan fingerprint density at radius 3 is 2.53 bits per heavy atom. The summed E-state index contributed by atoms with van der Waals surface area (Å²) in [5, 5.41) is 8.80. The van der Waals surface area contributed by atoms with Gasteiger partial charge in [0, 0.05) is 47.8 Å². The maximum atomic E-state index is 12.7. The summed E-state index contributed by atoms with van der Waals surface area (Å²) >= 11 is 2.83. The van der Waals surface area contributed by atoms with Crippen LogP contribution >= 0.6 is 23.5 Å². The molecule has 1 fully saturated rings. The van der Waals surface area contributed by atoms with Gasteiger partial charge in [-0.15, -0.1) is 23.5 Å². The van der Waals surface area contributed by atoms with Gasteiger partial charge in [-0.25, -0.2) is 0 Å². The third kappa shape index (κ3) is 4.30. The zero-order chi connectivity index (χ0) is 21.3. The van der Waals surface area contributed by atoms with Crippen LogP contribution < -0.4 is 5.56 Å². The fraction of sp³-hybridized carbons (Fsp3) is 0.409. The van der Waals surface area contributed by atoms with Crippen molar-refractivity contribution >= 4 is 35.4 Å². The molecule has 0 saturated carbocycles. The van der Waals surface area contributed by atoms with E-state index in [4.69, 9.17) is 5.11 Å². The van der Waals surface area contributed by atoms with E-state index in [0.29, 0.717) is 19.6 Å². The molecule has 0 spiro atoms. The molecule has 0 radical (unpaired) electrons. The van der Waals surface area contributed by atoms with Crippen molar-refractivity contribution in [2.75, 3.05) is 30.9 Å². The fourth-order valence-electron chi connectivity index (χ4n) is 4.55. The molecule has 2 bridgehead atoms. The number of carbonyl (C=O) groups excluding carboxylic acids is 1. The van der Waals surface area contributed by atoms with Gasteiger partial charge in [-0.1, -0.05) is 12.1 Å². The second-order valence-corrected chi connectivity index (χ2v) is 9.66. The van der Waals surface area contributed by atoms with Crippen LogP contribution in [0.4, 0.5) is 0 Å². The summed E-state index contributed by atoms with van der Waals surface area (Å²) in [6.45, 7) is 1.82. The monoisotopic (exact) mass is 444 g/mol. The Kier molecular flexibility index (Phi) is 6.24. The summed E-state index contributed by atoms with van der Waals surface area (Å²) in [5.74, 6) is -0.467. The van der Waals surface area contributed by atoms with Gasteiger partial charge in [-0.2, -0.15) is 0 Å². The summed E-state index contributed by atoms with van der Waals surface area (Å²) in [4.78, 5) is 39.0. The molecule has 1 aromatic heterocycles. The summed E-state index contributed by atoms with van der Waals surface area (Å²) in [6.07, 6.45) is 3.01. The summed E-state index contributed by atoms with van der Waals surface area (Å²) < 4.78 is 1.90. The molecule has 0 aliphatic carbocycles. The number of rotatable bonds is 6. The van der Waals surface area contributed by atoms with E-state index in [2.05, 4.69) is 24.3 Å². The van der Waals surface area contributed by atoms with Gasteiger partial charge in [0.1, 0.15) is 0 Å². The number of carboxylic acids is 1. The largest absolute Gasteiger partial charge is 0.481 e. The molecule has 1 amide bonds. The van der Waals surface area contributed by atoms with Crippen LogP contribution in [-0.2, 0) is 16.1 Å². The van der Waals surface area contributed by atoms with Crippen LogP contribution in [0.3, 0.4) is 0 Å². The second-order valence-electron chi connectivity index (χ2n) is 7.79. The van der Waals surface area contributed by atoms with Crippen molar-refractivity contribution in [3.63, 3.8) is 0 Å². The third-order valence-electron chi connectivity index (χ3n) is 5.79. The van der Waals surface area contributed by atoms with Crippen molar-refractivity contribution in [3.8, 4) is 11.1 Å². The number of hydrogen-bond acceptors (Lipinski definition) is 5. The number of likely N-dealkylation sites (tertiary alicyclic amines) is 1. The summed E-state index contributed by atoms with van der Waals surface area (Å²) in [7, 11) is 0. The first kappa shape index (κ1) is 21.1. The highest BCUT2D eigenvalue weighted by atomic mass is 32.2. The molecule has 1 aromatic carbocycles.